The number of rotatable bonds is 5. The molecular formula is C14H19F. The smallest absolute Gasteiger partial charge is 0.123 e. The third-order valence-electron chi connectivity index (χ3n) is 2.41. The molecule has 15 heavy (non-hydrogen) atoms. The monoisotopic (exact) mass is 206 g/mol. The molecule has 0 aliphatic carbocycles. The molecule has 0 aromatic heterocycles. The molecule has 0 saturated heterocycles. The highest BCUT2D eigenvalue weighted by Gasteiger charge is 2.00. The molecule has 0 spiro atoms. The van der Waals surface area contributed by atoms with Crippen LogP contribution in [0.1, 0.15) is 45.1 Å². The Bertz CT molecular complexity index is 309. The Kier molecular flexibility index (Phi) is 5.09. The Morgan fingerprint density at radius 2 is 1.80 bits per heavy atom. The summed E-state index contributed by atoms with van der Waals surface area (Å²) >= 11 is 0. The van der Waals surface area contributed by atoms with Crippen molar-refractivity contribution in [3.63, 3.8) is 0 Å². The van der Waals surface area contributed by atoms with E-state index in [1.54, 1.807) is 0 Å². The topological polar surface area (TPSA) is 0 Å². The van der Waals surface area contributed by atoms with Crippen LogP contribution in [0.5, 0.6) is 0 Å². The molecule has 0 nitrogen and oxygen atoms in total. The zero-order valence-corrected chi connectivity index (χ0v) is 9.59. The summed E-state index contributed by atoms with van der Waals surface area (Å²) in [5, 5.41) is 0. The van der Waals surface area contributed by atoms with E-state index in [1.807, 2.05) is 12.1 Å². The molecule has 0 fully saturated rings. The van der Waals surface area contributed by atoms with E-state index < -0.39 is 0 Å². The molecule has 0 bridgehead atoms. The Morgan fingerprint density at radius 1 is 1.13 bits per heavy atom. The fraction of sp³-hybridized carbons (Fsp3) is 0.429. The van der Waals surface area contributed by atoms with Gasteiger partial charge in [-0.3, -0.25) is 0 Å². The van der Waals surface area contributed by atoms with Gasteiger partial charge in [0.05, 0.1) is 0 Å². The lowest BCUT2D eigenvalue weighted by atomic mass is 10.00. The maximum absolute atomic E-state index is 12.8. The molecule has 0 radical (unpaired) electrons. The van der Waals surface area contributed by atoms with Crippen LogP contribution in [-0.4, -0.2) is 0 Å². The second-order valence-electron chi connectivity index (χ2n) is 3.77. The van der Waals surface area contributed by atoms with Gasteiger partial charge in [0.2, 0.25) is 0 Å². The summed E-state index contributed by atoms with van der Waals surface area (Å²) in [5.74, 6) is -0.162. The zero-order valence-electron chi connectivity index (χ0n) is 9.59. The molecule has 0 unspecified atom stereocenters. The van der Waals surface area contributed by atoms with Gasteiger partial charge < -0.3 is 0 Å². The van der Waals surface area contributed by atoms with Gasteiger partial charge in [-0.2, -0.15) is 0 Å². The average Bonchev–Trinajstić information content (AvgIpc) is 2.25. The number of hydrogen-bond acceptors (Lipinski definition) is 0. The van der Waals surface area contributed by atoms with E-state index in [0.717, 1.165) is 31.2 Å². The van der Waals surface area contributed by atoms with Gasteiger partial charge in [0.25, 0.3) is 0 Å². The highest BCUT2D eigenvalue weighted by molar-refractivity contribution is 5.65. The van der Waals surface area contributed by atoms with Gasteiger partial charge in [-0.05, 0) is 36.1 Å². The Labute approximate surface area is 91.8 Å². The lowest BCUT2D eigenvalue weighted by Gasteiger charge is -2.06. The van der Waals surface area contributed by atoms with Gasteiger partial charge >= 0.3 is 0 Å². The highest BCUT2D eigenvalue weighted by atomic mass is 19.1. The average molecular weight is 206 g/mol. The number of halogens is 1. The fourth-order valence-electron chi connectivity index (χ4n) is 1.62. The summed E-state index contributed by atoms with van der Waals surface area (Å²) < 4.78 is 12.8. The third kappa shape index (κ3) is 3.86. The van der Waals surface area contributed by atoms with Crippen LogP contribution in [0, 0.1) is 5.82 Å². The van der Waals surface area contributed by atoms with Gasteiger partial charge in [0.1, 0.15) is 5.82 Å². The van der Waals surface area contributed by atoms with Crippen molar-refractivity contribution in [1.82, 2.24) is 0 Å². The van der Waals surface area contributed by atoms with Gasteiger partial charge in [-0.1, -0.05) is 44.9 Å². The summed E-state index contributed by atoms with van der Waals surface area (Å²) in [6.45, 7) is 4.34. The summed E-state index contributed by atoms with van der Waals surface area (Å²) in [5.41, 5.74) is 2.51. The molecule has 1 aromatic rings. The predicted octanol–water partition coefficient (Wildman–Crippen LogP) is 4.81. The fourth-order valence-corrected chi connectivity index (χ4v) is 1.62. The third-order valence-corrected chi connectivity index (χ3v) is 2.41. The first-order valence-corrected chi connectivity index (χ1v) is 5.73. The minimum atomic E-state index is -0.162. The van der Waals surface area contributed by atoms with E-state index >= 15 is 0 Å². The van der Waals surface area contributed by atoms with Crippen molar-refractivity contribution in [2.45, 2.75) is 39.5 Å². The number of allylic oxidation sites excluding steroid dienone is 2. The summed E-state index contributed by atoms with van der Waals surface area (Å²) in [6, 6.07) is 6.80. The summed E-state index contributed by atoms with van der Waals surface area (Å²) in [4.78, 5) is 0. The normalized spacial score (nSPS) is 11.8. The summed E-state index contributed by atoms with van der Waals surface area (Å²) in [7, 11) is 0. The van der Waals surface area contributed by atoms with Crippen LogP contribution < -0.4 is 0 Å². The van der Waals surface area contributed by atoms with Gasteiger partial charge in [-0.15, -0.1) is 0 Å². The van der Waals surface area contributed by atoms with Crippen LogP contribution >= 0.6 is 0 Å². The molecule has 0 heterocycles. The van der Waals surface area contributed by atoms with Crippen molar-refractivity contribution in [1.29, 1.82) is 0 Å². The molecule has 0 aliphatic rings. The van der Waals surface area contributed by atoms with Crippen molar-refractivity contribution < 1.29 is 4.39 Å². The molecule has 1 aromatic carbocycles. The molecule has 82 valence electrons. The predicted molar refractivity (Wildman–Crippen MR) is 64.2 cm³/mol. The van der Waals surface area contributed by atoms with Crippen LogP contribution in [0.15, 0.2) is 30.3 Å². The molecule has 0 amide bonds. The van der Waals surface area contributed by atoms with E-state index in [-0.39, 0.29) is 5.82 Å². The first-order chi connectivity index (χ1) is 7.27. The first-order valence-electron chi connectivity index (χ1n) is 5.73. The Hall–Kier alpha value is -1.11. The van der Waals surface area contributed by atoms with Crippen LogP contribution in [-0.2, 0) is 0 Å². The lowest BCUT2D eigenvalue weighted by molar-refractivity contribution is 0.627. The standard InChI is InChI=1S/C14H19F/c1-3-5-7-12(6-4-2)13-8-10-14(15)11-9-13/h7-11H,3-6H2,1-2H3/b12-7-. The van der Waals surface area contributed by atoms with Crippen molar-refractivity contribution in [2.24, 2.45) is 0 Å². The van der Waals surface area contributed by atoms with Gasteiger partial charge in [0, 0.05) is 0 Å². The minimum absolute atomic E-state index is 0.162. The molecule has 0 atom stereocenters. The van der Waals surface area contributed by atoms with E-state index in [9.17, 15) is 4.39 Å². The maximum atomic E-state index is 12.8. The molecule has 1 rings (SSSR count). The molecular weight excluding hydrogens is 187 g/mol. The quantitative estimate of drug-likeness (QED) is 0.648. The maximum Gasteiger partial charge on any atom is 0.123 e. The van der Waals surface area contributed by atoms with Crippen LogP contribution in [0.3, 0.4) is 0 Å². The van der Waals surface area contributed by atoms with Crippen molar-refractivity contribution in [3.05, 3.63) is 41.7 Å². The highest BCUT2D eigenvalue weighted by Crippen LogP contribution is 2.21. The van der Waals surface area contributed by atoms with E-state index in [0.29, 0.717) is 0 Å². The Morgan fingerprint density at radius 3 is 2.33 bits per heavy atom. The van der Waals surface area contributed by atoms with Crippen molar-refractivity contribution >= 4 is 5.57 Å². The molecule has 0 saturated carbocycles. The molecule has 1 heteroatoms. The number of hydrogen-bond donors (Lipinski definition) is 0. The lowest BCUT2D eigenvalue weighted by Crippen LogP contribution is -1.85. The van der Waals surface area contributed by atoms with Gasteiger partial charge in [0.15, 0.2) is 0 Å². The van der Waals surface area contributed by atoms with Crippen LogP contribution in [0.25, 0.3) is 5.57 Å². The van der Waals surface area contributed by atoms with Crippen LogP contribution in [0.4, 0.5) is 4.39 Å². The Balaban J connectivity index is 2.83. The molecule has 0 N–H and O–H groups in total. The van der Waals surface area contributed by atoms with Crippen molar-refractivity contribution in [2.75, 3.05) is 0 Å². The molecule has 0 aliphatic heterocycles. The second kappa shape index (κ2) is 6.39. The van der Waals surface area contributed by atoms with Crippen molar-refractivity contribution in [3.8, 4) is 0 Å². The van der Waals surface area contributed by atoms with Crippen LogP contribution in [0.2, 0.25) is 0 Å². The largest absolute Gasteiger partial charge is 0.207 e. The van der Waals surface area contributed by atoms with Gasteiger partial charge in [-0.25, -0.2) is 4.39 Å². The number of unbranched alkanes of at least 4 members (excludes halogenated alkanes) is 1. The summed E-state index contributed by atoms with van der Waals surface area (Å²) in [6.07, 6.45) is 6.75. The first kappa shape index (κ1) is 12.0. The SMILES string of the molecule is CCC/C=C(/CCC)c1ccc(F)cc1. The minimum Gasteiger partial charge on any atom is -0.207 e. The van der Waals surface area contributed by atoms with E-state index in [1.165, 1.54) is 17.7 Å². The van der Waals surface area contributed by atoms with E-state index in [4.69, 9.17) is 0 Å². The van der Waals surface area contributed by atoms with E-state index in [2.05, 4.69) is 19.9 Å². The number of benzene rings is 1. The zero-order chi connectivity index (χ0) is 11.1. The second-order valence-corrected chi connectivity index (χ2v) is 3.77.